The van der Waals surface area contributed by atoms with E-state index in [1.165, 1.54) is 24.3 Å². The van der Waals surface area contributed by atoms with Crippen LogP contribution < -0.4 is 31.5 Å². The van der Waals surface area contributed by atoms with Crippen molar-refractivity contribution < 1.29 is 57.9 Å². The molecule has 0 aromatic heterocycles. The first kappa shape index (κ1) is 35.1. The van der Waals surface area contributed by atoms with Gasteiger partial charge in [0.25, 0.3) is 0 Å². The molecule has 0 unspecified atom stereocenters. The zero-order valence-electron chi connectivity index (χ0n) is 22.2. The molecule has 4 amide bonds. The summed E-state index contributed by atoms with van der Waals surface area (Å²) in [6.45, 7) is 1.84. The lowest BCUT2D eigenvalue weighted by Gasteiger charge is -2.26. The van der Waals surface area contributed by atoms with Crippen LogP contribution in [0.5, 0.6) is 5.75 Å². The van der Waals surface area contributed by atoms with Crippen LogP contribution in [0.15, 0.2) is 24.3 Å². The predicted octanol–water partition coefficient (Wildman–Crippen LogP) is -3.08. The van der Waals surface area contributed by atoms with E-state index in [9.17, 15) is 38.4 Å². The molecule has 18 heteroatoms. The van der Waals surface area contributed by atoms with Crippen LogP contribution in [0.3, 0.4) is 0 Å². The number of hydrogen-bond acceptors (Lipinski definition) is 10. The molecule has 228 valence electrons. The Balaban J connectivity index is 3.00. The Morgan fingerprint density at radius 3 is 2.10 bits per heavy atom. The highest BCUT2D eigenvalue weighted by atomic mass is 31.2. The molecule has 4 atom stereocenters. The van der Waals surface area contributed by atoms with Crippen LogP contribution in [0, 0.1) is 5.92 Å². The lowest BCUT2D eigenvalue weighted by Crippen LogP contribution is -2.58. The lowest BCUT2D eigenvalue weighted by atomic mass is 10.0. The number of aliphatic hydroxyl groups is 1. The number of rotatable bonds is 17. The highest BCUT2D eigenvalue weighted by Crippen LogP contribution is 2.37. The van der Waals surface area contributed by atoms with Crippen molar-refractivity contribution in [1.82, 2.24) is 21.3 Å². The van der Waals surface area contributed by atoms with Crippen molar-refractivity contribution in [3.63, 3.8) is 0 Å². The van der Waals surface area contributed by atoms with E-state index in [4.69, 9.17) is 20.6 Å². The number of phosphoric acid groups is 1. The number of hydrogen-bond donors (Lipinski definition) is 9. The number of aliphatic carboxylic acids is 1. The fraction of sp³-hybridized carbons (Fsp3) is 0.478. The molecule has 0 heterocycles. The van der Waals surface area contributed by atoms with Crippen LogP contribution in [-0.4, -0.2) is 93.2 Å². The average Bonchev–Trinajstić information content (AvgIpc) is 2.88. The molecule has 1 rings (SSSR count). The van der Waals surface area contributed by atoms with Gasteiger partial charge in [0.2, 0.25) is 23.6 Å². The number of amides is 4. The third-order valence-corrected chi connectivity index (χ3v) is 5.78. The number of carboxylic acid groups (broad SMARTS) is 1. The Hall–Kier alpha value is -3.89. The number of aldehydes is 1. The maximum atomic E-state index is 13.2. The third kappa shape index (κ3) is 13.3. The van der Waals surface area contributed by atoms with Gasteiger partial charge in [-0.25, -0.2) is 4.57 Å². The summed E-state index contributed by atoms with van der Waals surface area (Å²) in [5, 5.41) is 27.2. The van der Waals surface area contributed by atoms with Crippen LogP contribution >= 0.6 is 7.82 Å². The van der Waals surface area contributed by atoms with Crippen LogP contribution in [0.2, 0.25) is 0 Å². The van der Waals surface area contributed by atoms with E-state index in [0.29, 0.717) is 5.56 Å². The second kappa shape index (κ2) is 16.4. The number of phosphoric ester groups is 1. The number of nitrogens with two attached hydrogens (primary N) is 1. The van der Waals surface area contributed by atoms with Gasteiger partial charge in [0.15, 0.2) is 0 Å². The molecule has 0 aliphatic heterocycles. The molecule has 1 aromatic carbocycles. The first-order valence-corrected chi connectivity index (χ1v) is 13.6. The zero-order valence-corrected chi connectivity index (χ0v) is 23.1. The van der Waals surface area contributed by atoms with Crippen molar-refractivity contribution >= 4 is 43.7 Å². The maximum Gasteiger partial charge on any atom is 0.524 e. The van der Waals surface area contributed by atoms with Crippen molar-refractivity contribution in [2.24, 2.45) is 11.7 Å². The molecule has 0 aliphatic rings. The summed E-state index contributed by atoms with van der Waals surface area (Å²) in [5.74, 6) is -5.34. The smallest absolute Gasteiger partial charge is 0.481 e. The maximum absolute atomic E-state index is 13.2. The average molecular weight is 604 g/mol. The normalized spacial score (nSPS) is 14.1. The van der Waals surface area contributed by atoms with Gasteiger partial charge in [0, 0.05) is 6.42 Å². The highest BCUT2D eigenvalue weighted by Gasteiger charge is 2.30. The van der Waals surface area contributed by atoms with E-state index >= 15 is 0 Å². The zero-order chi connectivity index (χ0) is 31.3. The number of benzene rings is 1. The minimum Gasteiger partial charge on any atom is -0.481 e. The minimum absolute atomic E-state index is 0.155. The van der Waals surface area contributed by atoms with E-state index in [0.717, 1.165) is 0 Å². The molecule has 17 nitrogen and oxygen atoms in total. The van der Waals surface area contributed by atoms with Crippen molar-refractivity contribution in [1.29, 1.82) is 0 Å². The van der Waals surface area contributed by atoms with Gasteiger partial charge in [-0.05, 0) is 23.6 Å². The van der Waals surface area contributed by atoms with E-state index in [2.05, 4.69) is 25.8 Å². The largest absolute Gasteiger partial charge is 0.524 e. The molecule has 0 bridgehead atoms. The van der Waals surface area contributed by atoms with E-state index in [1.54, 1.807) is 13.8 Å². The highest BCUT2D eigenvalue weighted by molar-refractivity contribution is 7.46. The first-order chi connectivity index (χ1) is 19.1. The molecule has 41 heavy (non-hydrogen) atoms. The van der Waals surface area contributed by atoms with Crippen LogP contribution in [0.4, 0.5) is 0 Å². The number of carboxylic acids is 1. The fourth-order valence-corrected chi connectivity index (χ4v) is 3.67. The Morgan fingerprint density at radius 2 is 1.61 bits per heavy atom. The Morgan fingerprint density at radius 1 is 1.00 bits per heavy atom. The molecule has 0 fully saturated rings. The van der Waals surface area contributed by atoms with Crippen LogP contribution in [-0.2, 0) is 39.8 Å². The lowest BCUT2D eigenvalue weighted by molar-refractivity contribution is -0.139. The SMILES string of the molecule is CC(C)[C@H](NC(=O)[C@H](Cc1ccc(OP(=O)(O)O)cc1)NC(=O)[C@@H](N)CO)C(=O)NCC(=O)N[C@H](C=O)CC(=O)O. The van der Waals surface area contributed by atoms with Gasteiger partial charge in [-0.1, -0.05) is 26.0 Å². The molecular formula is C23H34N5O12P. The van der Waals surface area contributed by atoms with Gasteiger partial charge in [-0.3, -0.25) is 33.8 Å². The molecule has 0 saturated carbocycles. The molecule has 1 aromatic rings. The van der Waals surface area contributed by atoms with E-state index in [1.807, 2.05) is 0 Å². The van der Waals surface area contributed by atoms with Gasteiger partial charge in [-0.2, -0.15) is 0 Å². The molecule has 0 radical (unpaired) electrons. The fourth-order valence-electron chi connectivity index (χ4n) is 3.28. The summed E-state index contributed by atoms with van der Waals surface area (Å²) in [7, 11) is -4.80. The minimum atomic E-state index is -4.80. The first-order valence-electron chi connectivity index (χ1n) is 12.1. The molecule has 0 spiro atoms. The van der Waals surface area contributed by atoms with Crippen molar-refractivity contribution in [3.8, 4) is 5.75 Å². The second-order valence-corrected chi connectivity index (χ2v) is 10.3. The summed E-state index contributed by atoms with van der Waals surface area (Å²) in [5.41, 5.74) is 5.94. The summed E-state index contributed by atoms with van der Waals surface area (Å²) >= 11 is 0. The summed E-state index contributed by atoms with van der Waals surface area (Å²) in [6, 6.07) is 0.0266. The van der Waals surface area contributed by atoms with Crippen LogP contribution in [0.25, 0.3) is 0 Å². The van der Waals surface area contributed by atoms with Gasteiger partial charge in [0.1, 0.15) is 30.2 Å². The van der Waals surface area contributed by atoms with Gasteiger partial charge < -0.3 is 46.5 Å². The molecule has 0 aliphatic carbocycles. The Bertz CT molecular complexity index is 1140. The van der Waals surface area contributed by atoms with Gasteiger partial charge >= 0.3 is 13.8 Å². The van der Waals surface area contributed by atoms with Crippen molar-refractivity contribution in [2.75, 3.05) is 13.2 Å². The molecule has 10 N–H and O–H groups in total. The summed E-state index contributed by atoms with van der Waals surface area (Å²) in [6.07, 6.45) is -0.585. The van der Waals surface area contributed by atoms with Crippen molar-refractivity contribution in [3.05, 3.63) is 29.8 Å². The number of aliphatic hydroxyl groups excluding tert-OH is 1. The predicted molar refractivity (Wildman–Crippen MR) is 140 cm³/mol. The summed E-state index contributed by atoms with van der Waals surface area (Å²) < 4.78 is 15.5. The quantitative estimate of drug-likeness (QED) is 0.0631. The van der Waals surface area contributed by atoms with Crippen molar-refractivity contribution in [2.45, 2.75) is 50.9 Å². The Kier molecular flexibility index (Phi) is 14.0. The monoisotopic (exact) mass is 603 g/mol. The molecular weight excluding hydrogens is 569 g/mol. The number of carbonyl (C=O) groups excluding carboxylic acids is 5. The summed E-state index contributed by atoms with van der Waals surface area (Å²) in [4.78, 5) is 89.9. The van der Waals surface area contributed by atoms with Gasteiger partial charge in [-0.15, -0.1) is 0 Å². The third-order valence-electron chi connectivity index (χ3n) is 5.33. The number of nitrogens with one attached hydrogen (secondary N) is 4. The van der Waals surface area contributed by atoms with Gasteiger partial charge in [0.05, 0.1) is 25.6 Å². The standard InChI is InChI=1S/C23H34N5O12P/c1-12(2)20(23(36)25-9-18(31)26-14(10-29)8-19(32)33)28-22(35)17(27-21(34)16(24)11-30)7-13-3-5-15(6-4-13)40-41(37,38)39/h3-6,10,12,14,16-17,20,30H,7-9,11,24H2,1-2H3,(H,25,36)(H,26,31)(H,27,34)(H,28,35)(H,32,33)(H2,37,38,39)/t14-,16-,17-,20-/m0/s1. The van der Waals surface area contributed by atoms with E-state index in [-0.39, 0.29) is 18.5 Å². The van der Waals surface area contributed by atoms with Crippen LogP contribution in [0.1, 0.15) is 25.8 Å². The second-order valence-electron chi connectivity index (χ2n) is 9.14. The number of carbonyl (C=O) groups is 6. The Labute approximate surface area is 234 Å². The topological polar surface area (TPSA) is 284 Å². The molecule has 0 saturated heterocycles. The van der Waals surface area contributed by atoms with E-state index < -0.39 is 87.1 Å².